The topological polar surface area (TPSA) is 76.4 Å². The van der Waals surface area contributed by atoms with Crippen LogP contribution in [0, 0.1) is 22.7 Å². The van der Waals surface area contributed by atoms with E-state index in [4.69, 9.17) is 14.7 Å². The van der Waals surface area contributed by atoms with Crippen LogP contribution < -0.4 is 0 Å². The molecule has 5 heteroatoms. The van der Waals surface area contributed by atoms with Gasteiger partial charge in [-0.1, -0.05) is 13.8 Å². The molecule has 0 amide bonds. The molecule has 0 aromatic rings. The molecule has 1 saturated heterocycles. The number of nitriles is 1. The number of cyclic esters (lactones) is 1. The standard InChI is InChI=1S/C11H15NO4.C2H6/c1-11(2,3)10(14)16-8-4-7(5-12)6-15-9(8)13;1-2/h7-8H,4,6H2,1-3H3;1-2H3. The Morgan fingerprint density at radius 2 is 2.00 bits per heavy atom. The van der Waals surface area contributed by atoms with E-state index in [0.717, 1.165) is 0 Å². The molecule has 102 valence electrons. The van der Waals surface area contributed by atoms with Crippen LogP contribution in [-0.2, 0) is 19.1 Å². The van der Waals surface area contributed by atoms with Gasteiger partial charge in [0.05, 0.1) is 17.4 Å². The predicted molar refractivity (Wildman–Crippen MR) is 65.4 cm³/mol. The van der Waals surface area contributed by atoms with Crippen molar-refractivity contribution in [2.75, 3.05) is 6.61 Å². The summed E-state index contributed by atoms with van der Waals surface area (Å²) in [6.07, 6.45) is -0.720. The summed E-state index contributed by atoms with van der Waals surface area (Å²) in [5.74, 6) is -1.42. The maximum atomic E-state index is 11.6. The lowest BCUT2D eigenvalue weighted by molar-refractivity contribution is -0.179. The highest BCUT2D eigenvalue weighted by Crippen LogP contribution is 2.22. The quantitative estimate of drug-likeness (QED) is 0.670. The fourth-order valence-corrected chi connectivity index (χ4v) is 1.19. The van der Waals surface area contributed by atoms with Crippen LogP contribution in [0.4, 0.5) is 0 Å². The van der Waals surface area contributed by atoms with Gasteiger partial charge in [-0.3, -0.25) is 4.79 Å². The van der Waals surface area contributed by atoms with Crippen LogP contribution in [0.15, 0.2) is 0 Å². The number of carbonyl (C=O) groups excluding carboxylic acids is 2. The van der Waals surface area contributed by atoms with Crippen molar-refractivity contribution in [1.29, 1.82) is 5.26 Å². The lowest BCUT2D eigenvalue weighted by Crippen LogP contribution is -2.39. The highest BCUT2D eigenvalue weighted by atomic mass is 16.6. The Morgan fingerprint density at radius 1 is 1.44 bits per heavy atom. The SMILES string of the molecule is CC.CC(C)(C)C(=O)OC1CC(C#N)COC1=O. The Hall–Kier alpha value is -1.57. The smallest absolute Gasteiger partial charge is 0.347 e. The van der Waals surface area contributed by atoms with Crippen molar-refractivity contribution in [2.24, 2.45) is 11.3 Å². The van der Waals surface area contributed by atoms with E-state index in [0.29, 0.717) is 0 Å². The minimum absolute atomic E-state index is 0.0822. The largest absolute Gasteiger partial charge is 0.462 e. The Morgan fingerprint density at radius 3 is 2.44 bits per heavy atom. The second-order valence-electron chi connectivity index (χ2n) is 4.84. The van der Waals surface area contributed by atoms with Crippen molar-refractivity contribution in [1.82, 2.24) is 0 Å². The second kappa shape index (κ2) is 7.00. The van der Waals surface area contributed by atoms with Crippen LogP contribution in [0.1, 0.15) is 41.0 Å². The predicted octanol–water partition coefficient (Wildman–Crippen LogP) is 2.06. The average molecular weight is 255 g/mol. The van der Waals surface area contributed by atoms with Crippen molar-refractivity contribution >= 4 is 11.9 Å². The molecule has 0 aliphatic carbocycles. The van der Waals surface area contributed by atoms with Crippen LogP contribution in [0.5, 0.6) is 0 Å². The summed E-state index contributed by atoms with van der Waals surface area (Å²) in [6, 6.07) is 2.00. The summed E-state index contributed by atoms with van der Waals surface area (Å²) in [7, 11) is 0. The molecule has 0 aromatic heterocycles. The molecule has 1 aliphatic heterocycles. The molecule has 2 atom stereocenters. The lowest BCUT2D eigenvalue weighted by atomic mass is 9.96. The fourth-order valence-electron chi connectivity index (χ4n) is 1.19. The van der Waals surface area contributed by atoms with Gasteiger partial charge in [0.25, 0.3) is 0 Å². The number of hydrogen-bond acceptors (Lipinski definition) is 5. The van der Waals surface area contributed by atoms with Gasteiger partial charge >= 0.3 is 11.9 Å². The van der Waals surface area contributed by atoms with Gasteiger partial charge in [-0.25, -0.2) is 4.79 Å². The zero-order valence-corrected chi connectivity index (χ0v) is 11.6. The molecule has 1 heterocycles. The van der Waals surface area contributed by atoms with Gasteiger partial charge < -0.3 is 9.47 Å². The van der Waals surface area contributed by atoms with Crippen LogP contribution in [0.3, 0.4) is 0 Å². The summed E-state index contributed by atoms with van der Waals surface area (Å²) in [5, 5.41) is 8.71. The Kier molecular flexibility index (Phi) is 6.39. The zero-order valence-electron chi connectivity index (χ0n) is 11.6. The van der Waals surface area contributed by atoms with Gasteiger partial charge in [0, 0.05) is 6.42 Å². The molecule has 0 aromatic carbocycles. The first kappa shape index (κ1) is 16.4. The minimum atomic E-state index is -0.940. The zero-order chi connectivity index (χ0) is 14.3. The van der Waals surface area contributed by atoms with E-state index < -0.39 is 29.4 Å². The van der Waals surface area contributed by atoms with E-state index in [1.54, 1.807) is 20.8 Å². The van der Waals surface area contributed by atoms with E-state index in [1.165, 1.54) is 0 Å². The average Bonchev–Trinajstić information content (AvgIpc) is 2.33. The molecule has 0 bridgehead atoms. The maximum absolute atomic E-state index is 11.6. The van der Waals surface area contributed by atoms with E-state index >= 15 is 0 Å². The van der Waals surface area contributed by atoms with Gasteiger partial charge in [0.15, 0.2) is 6.10 Å². The first-order chi connectivity index (χ1) is 8.34. The molecule has 0 saturated carbocycles. The molecule has 2 unspecified atom stereocenters. The van der Waals surface area contributed by atoms with E-state index in [2.05, 4.69) is 0 Å². The second-order valence-corrected chi connectivity index (χ2v) is 4.84. The third-order valence-electron chi connectivity index (χ3n) is 2.23. The van der Waals surface area contributed by atoms with Gasteiger partial charge in [-0.15, -0.1) is 0 Å². The molecule has 18 heavy (non-hydrogen) atoms. The number of nitrogens with zero attached hydrogens (tertiary/aromatic N) is 1. The summed E-state index contributed by atoms with van der Waals surface area (Å²) in [6.45, 7) is 9.18. The molecule has 1 aliphatic rings. The summed E-state index contributed by atoms with van der Waals surface area (Å²) >= 11 is 0. The highest BCUT2D eigenvalue weighted by Gasteiger charge is 2.36. The molecular weight excluding hydrogens is 234 g/mol. The van der Waals surface area contributed by atoms with Crippen molar-refractivity contribution in [3.63, 3.8) is 0 Å². The van der Waals surface area contributed by atoms with Crippen LogP contribution in [0.25, 0.3) is 0 Å². The van der Waals surface area contributed by atoms with Gasteiger partial charge in [0.1, 0.15) is 6.61 Å². The van der Waals surface area contributed by atoms with E-state index in [9.17, 15) is 9.59 Å². The molecule has 1 fully saturated rings. The molecule has 5 nitrogen and oxygen atoms in total. The normalized spacial score (nSPS) is 23.0. The molecule has 0 radical (unpaired) electrons. The number of esters is 2. The maximum Gasteiger partial charge on any atom is 0.347 e. The van der Waals surface area contributed by atoms with Crippen LogP contribution >= 0.6 is 0 Å². The minimum Gasteiger partial charge on any atom is -0.462 e. The summed E-state index contributed by atoms with van der Waals surface area (Å²) in [5.41, 5.74) is -0.667. The van der Waals surface area contributed by atoms with Crippen LogP contribution in [-0.4, -0.2) is 24.6 Å². The fraction of sp³-hybridized carbons (Fsp3) is 0.769. The summed E-state index contributed by atoms with van der Waals surface area (Å²) < 4.78 is 9.80. The van der Waals surface area contributed by atoms with Crippen molar-refractivity contribution in [2.45, 2.75) is 47.1 Å². The Bertz CT molecular complexity index is 338. The number of rotatable bonds is 1. The lowest BCUT2D eigenvalue weighted by Gasteiger charge is -2.26. The van der Waals surface area contributed by atoms with E-state index in [-0.39, 0.29) is 13.0 Å². The van der Waals surface area contributed by atoms with Crippen molar-refractivity contribution in [3.8, 4) is 6.07 Å². The Balaban J connectivity index is 0.00000137. The van der Waals surface area contributed by atoms with Crippen molar-refractivity contribution in [3.05, 3.63) is 0 Å². The number of carbonyl (C=O) groups is 2. The monoisotopic (exact) mass is 255 g/mol. The van der Waals surface area contributed by atoms with Gasteiger partial charge in [-0.2, -0.15) is 5.26 Å². The molecule has 0 N–H and O–H groups in total. The first-order valence-corrected chi connectivity index (χ1v) is 6.12. The number of hydrogen-bond donors (Lipinski definition) is 0. The third-order valence-corrected chi connectivity index (χ3v) is 2.23. The molecular formula is C13H21NO4. The van der Waals surface area contributed by atoms with Crippen LogP contribution in [0.2, 0.25) is 0 Å². The third kappa shape index (κ3) is 4.74. The Labute approximate surface area is 108 Å². The van der Waals surface area contributed by atoms with Crippen molar-refractivity contribution < 1.29 is 19.1 Å². The number of ether oxygens (including phenoxy) is 2. The molecule has 1 rings (SSSR count). The van der Waals surface area contributed by atoms with Gasteiger partial charge in [-0.05, 0) is 20.8 Å². The summed E-state index contributed by atoms with van der Waals surface area (Å²) in [4.78, 5) is 22.9. The molecule has 0 spiro atoms. The highest BCUT2D eigenvalue weighted by molar-refractivity contribution is 5.82. The van der Waals surface area contributed by atoms with E-state index in [1.807, 2.05) is 19.9 Å². The van der Waals surface area contributed by atoms with Gasteiger partial charge in [0.2, 0.25) is 0 Å². The first-order valence-electron chi connectivity index (χ1n) is 6.12.